The van der Waals surface area contributed by atoms with Crippen molar-refractivity contribution >= 4 is 39.0 Å². The van der Waals surface area contributed by atoms with Gasteiger partial charge in [-0.3, -0.25) is 0 Å². The average molecular weight is 480 g/mol. The lowest BCUT2D eigenvalue weighted by atomic mass is 10.1. The second-order valence-electron chi connectivity index (χ2n) is 8.21. The molecule has 5 rings (SSSR count). The van der Waals surface area contributed by atoms with E-state index in [0.29, 0.717) is 29.5 Å². The molecule has 0 radical (unpaired) electrons. The van der Waals surface area contributed by atoms with Crippen molar-refractivity contribution in [2.24, 2.45) is 5.92 Å². The number of para-hydroxylation sites is 1. The number of thiazole rings is 1. The lowest BCUT2D eigenvalue weighted by molar-refractivity contribution is 0.00446. The Labute approximate surface area is 200 Å². The first-order valence-electron chi connectivity index (χ1n) is 10.9. The van der Waals surface area contributed by atoms with Crippen LogP contribution in [0.25, 0.3) is 20.8 Å². The van der Waals surface area contributed by atoms with Crippen LogP contribution in [0.4, 0.5) is 17.5 Å². The van der Waals surface area contributed by atoms with Gasteiger partial charge in [0.15, 0.2) is 0 Å². The number of hydrogen-bond donors (Lipinski definition) is 5. The Morgan fingerprint density at radius 3 is 2.71 bits per heavy atom. The Morgan fingerprint density at radius 2 is 1.94 bits per heavy atom. The van der Waals surface area contributed by atoms with Crippen LogP contribution >= 0.6 is 11.3 Å². The van der Waals surface area contributed by atoms with E-state index in [0.717, 1.165) is 20.9 Å². The number of nitrogens with one attached hydrogen (secondary N) is 2. The van der Waals surface area contributed by atoms with Gasteiger partial charge in [-0.2, -0.15) is 4.98 Å². The minimum absolute atomic E-state index is 0.201. The lowest BCUT2D eigenvalue weighted by Crippen LogP contribution is -2.35. The fraction of sp³-hybridized carbons (Fsp3) is 0.292. The van der Waals surface area contributed by atoms with Gasteiger partial charge in [0.05, 0.1) is 35.0 Å². The second kappa shape index (κ2) is 9.51. The molecule has 1 fully saturated rings. The average Bonchev–Trinajstić information content (AvgIpc) is 3.40. The minimum atomic E-state index is -1.04. The molecule has 2 heterocycles. The van der Waals surface area contributed by atoms with Crippen molar-refractivity contribution in [2.75, 3.05) is 24.4 Å². The lowest BCUT2D eigenvalue weighted by Gasteiger charge is -2.20. The standard InChI is InChI=1S/C24H25N5O4S/c1-33-15-6-4-5-14(10-15)26-24-25-11-16(23-28-17-7-2-3-8-19(17)34-23)22(29-24)27-18-9-13(12-30)20(31)21(18)32/h2-8,10-11,13,18,20-21,30-32H,9,12H2,1H3,(H2,25,26,27,29). The molecule has 0 aliphatic heterocycles. The van der Waals surface area contributed by atoms with E-state index in [9.17, 15) is 15.3 Å². The van der Waals surface area contributed by atoms with Gasteiger partial charge >= 0.3 is 0 Å². The number of benzene rings is 2. The highest BCUT2D eigenvalue weighted by Crippen LogP contribution is 2.36. The van der Waals surface area contributed by atoms with E-state index in [1.807, 2.05) is 48.5 Å². The summed E-state index contributed by atoms with van der Waals surface area (Å²) in [5.74, 6) is 1.13. The molecule has 1 aliphatic rings. The molecular formula is C24H25N5O4S. The maximum absolute atomic E-state index is 10.5. The van der Waals surface area contributed by atoms with Gasteiger partial charge < -0.3 is 30.7 Å². The zero-order chi connectivity index (χ0) is 23.7. The molecule has 4 aromatic rings. The van der Waals surface area contributed by atoms with Crippen molar-refractivity contribution in [3.8, 4) is 16.3 Å². The molecule has 10 heteroatoms. The van der Waals surface area contributed by atoms with Crippen molar-refractivity contribution in [2.45, 2.75) is 24.7 Å². The minimum Gasteiger partial charge on any atom is -0.497 e. The smallest absolute Gasteiger partial charge is 0.229 e. The number of anilines is 3. The van der Waals surface area contributed by atoms with Gasteiger partial charge in [-0.1, -0.05) is 18.2 Å². The molecule has 0 saturated heterocycles. The normalized spacial score (nSPS) is 22.1. The molecular weight excluding hydrogens is 454 g/mol. The number of methoxy groups -OCH3 is 1. The molecule has 0 amide bonds. The summed E-state index contributed by atoms with van der Waals surface area (Å²) >= 11 is 1.52. The number of fused-ring (bicyclic) bond motifs is 1. The van der Waals surface area contributed by atoms with E-state index in [4.69, 9.17) is 9.72 Å². The molecule has 9 nitrogen and oxygen atoms in total. The monoisotopic (exact) mass is 479 g/mol. The van der Waals surface area contributed by atoms with Crippen LogP contribution in [0.15, 0.2) is 54.7 Å². The Morgan fingerprint density at radius 1 is 1.09 bits per heavy atom. The zero-order valence-electron chi connectivity index (χ0n) is 18.4. The first-order valence-corrected chi connectivity index (χ1v) is 11.7. The number of hydrogen-bond acceptors (Lipinski definition) is 10. The summed E-state index contributed by atoms with van der Waals surface area (Å²) in [6.45, 7) is -0.201. The molecule has 0 spiro atoms. The Balaban J connectivity index is 1.51. The molecule has 4 atom stereocenters. The summed E-state index contributed by atoms with van der Waals surface area (Å²) < 4.78 is 6.32. The van der Waals surface area contributed by atoms with Crippen LogP contribution in [0, 0.1) is 5.92 Å². The summed E-state index contributed by atoms with van der Waals surface area (Å²) in [6.07, 6.45) is 0.0483. The summed E-state index contributed by atoms with van der Waals surface area (Å²) in [6, 6.07) is 14.8. The van der Waals surface area contributed by atoms with Gasteiger partial charge in [-0.15, -0.1) is 11.3 Å². The summed E-state index contributed by atoms with van der Waals surface area (Å²) in [5.41, 5.74) is 2.32. The molecule has 5 N–H and O–H groups in total. The molecule has 0 bridgehead atoms. The quantitative estimate of drug-likeness (QED) is 0.271. The summed E-state index contributed by atoms with van der Waals surface area (Å²) in [5, 5.41) is 37.6. The summed E-state index contributed by atoms with van der Waals surface area (Å²) in [4.78, 5) is 13.9. The van der Waals surface area contributed by atoms with E-state index >= 15 is 0 Å². The second-order valence-corrected chi connectivity index (χ2v) is 9.24. The Kier molecular flexibility index (Phi) is 6.29. The number of ether oxygens (including phenoxy) is 1. The topological polar surface area (TPSA) is 133 Å². The van der Waals surface area contributed by atoms with Crippen molar-refractivity contribution in [1.29, 1.82) is 0 Å². The van der Waals surface area contributed by atoms with E-state index < -0.39 is 24.2 Å². The van der Waals surface area contributed by atoms with Gasteiger partial charge in [0.25, 0.3) is 0 Å². The van der Waals surface area contributed by atoms with E-state index in [-0.39, 0.29) is 6.61 Å². The molecule has 176 valence electrons. The maximum Gasteiger partial charge on any atom is 0.229 e. The highest BCUT2D eigenvalue weighted by molar-refractivity contribution is 7.21. The van der Waals surface area contributed by atoms with Gasteiger partial charge in [-0.05, 0) is 30.7 Å². The zero-order valence-corrected chi connectivity index (χ0v) is 19.2. The first kappa shape index (κ1) is 22.5. The van der Waals surface area contributed by atoms with E-state index in [2.05, 4.69) is 20.6 Å². The van der Waals surface area contributed by atoms with Crippen molar-refractivity contribution in [3.05, 3.63) is 54.7 Å². The Bertz CT molecular complexity index is 1270. The van der Waals surface area contributed by atoms with Crippen LogP contribution in [-0.4, -0.2) is 62.2 Å². The highest BCUT2D eigenvalue weighted by atomic mass is 32.1. The van der Waals surface area contributed by atoms with Gasteiger partial charge in [0.1, 0.15) is 22.7 Å². The van der Waals surface area contributed by atoms with Crippen molar-refractivity contribution < 1.29 is 20.1 Å². The third-order valence-electron chi connectivity index (χ3n) is 6.00. The molecule has 1 saturated carbocycles. The third kappa shape index (κ3) is 4.40. The number of nitrogens with zero attached hydrogens (tertiary/aromatic N) is 3. The number of aromatic nitrogens is 3. The Hall–Kier alpha value is -3.31. The molecule has 2 aromatic heterocycles. The first-order chi connectivity index (χ1) is 16.6. The van der Waals surface area contributed by atoms with Crippen LogP contribution in [0.2, 0.25) is 0 Å². The van der Waals surface area contributed by atoms with Crippen LogP contribution in [0.5, 0.6) is 5.75 Å². The molecule has 1 aliphatic carbocycles. The predicted molar refractivity (Wildman–Crippen MR) is 132 cm³/mol. The third-order valence-corrected chi connectivity index (χ3v) is 7.07. The van der Waals surface area contributed by atoms with Crippen molar-refractivity contribution in [3.63, 3.8) is 0 Å². The number of aliphatic hydroxyl groups excluding tert-OH is 3. The fourth-order valence-electron chi connectivity index (χ4n) is 4.15. The van der Waals surface area contributed by atoms with Crippen LogP contribution < -0.4 is 15.4 Å². The van der Waals surface area contributed by atoms with Crippen LogP contribution in [-0.2, 0) is 0 Å². The van der Waals surface area contributed by atoms with Crippen LogP contribution in [0.3, 0.4) is 0 Å². The maximum atomic E-state index is 10.5. The molecule has 4 unspecified atom stereocenters. The van der Waals surface area contributed by atoms with Gasteiger partial charge in [0.2, 0.25) is 5.95 Å². The van der Waals surface area contributed by atoms with E-state index in [1.54, 1.807) is 13.3 Å². The summed E-state index contributed by atoms with van der Waals surface area (Å²) in [7, 11) is 1.60. The van der Waals surface area contributed by atoms with Crippen molar-refractivity contribution in [1.82, 2.24) is 15.0 Å². The van der Waals surface area contributed by atoms with Gasteiger partial charge in [-0.25, -0.2) is 9.97 Å². The highest BCUT2D eigenvalue weighted by Gasteiger charge is 2.41. The largest absolute Gasteiger partial charge is 0.497 e. The number of rotatable bonds is 7. The number of aliphatic hydroxyl groups is 3. The predicted octanol–water partition coefficient (Wildman–Crippen LogP) is 3.02. The van der Waals surface area contributed by atoms with Crippen LogP contribution in [0.1, 0.15) is 6.42 Å². The van der Waals surface area contributed by atoms with Gasteiger partial charge in [0, 0.05) is 30.5 Å². The fourth-order valence-corrected chi connectivity index (χ4v) is 5.13. The van der Waals surface area contributed by atoms with E-state index in [1.165, 1.54) is 11.3 Å². The SMILES string of the molecule is COc1cccc(Nc2ncc(-c3nc4ccccc4s3)c(NC3CC(CO)C(O)C3O)n2)c1. The molecule has 2 aromatic carbocycles. The molecule has 34 heavy (non-hydrogen) atoms.